The van der Waals surface area contributed by atoms with Crippen LogP contribution >= 0.6 is 0 Å². The molecule has 2 fully saturated rings. The summed E-state index contributed by atoms with van der Waals surface area (Å²) in [5.74, 6) is -1.41. The highest BCUT2D eigenvalue weighted by Crippen LogP contribution is 2.46. The summed E-state index contributed by atoms with van der Waals surface area (Å²) in [6.45, 7) is 3.21. The fourth-order valence-corrected chi connectivity index (χ4v) is 4.63. The minimum Gasteiger partial charge on any atom is -0.390 e. The van der Waals surface area contributed by atoms with Crippen LogP contribution in [0, 0.1) is 11.6 Å². The largest absolute Gasteiger partial charge is 0.390 e. The molecule has 2 aromatic carbocycles. The van der Waals surface area contributed by atoms with Crippen molar-refractivity contribution in [1.82, 2.24) is 10.6 Å². The summed E-state index contributed by atoms with van der Waals surface area (Å²) in [5.41, 5.74) is 2.51. The highest BCUT2D eigenvalue weighted by Gasteiger charge is 2.44. The molecule has 1 heterocycles. The maximum Gasteiger partial charge on any atom is 0.217 e. The van der Waals surface area contributed by atoms with Crippen LogP contribution in [0.2, 0.25) is 0 Å². The molecule has 34 heavy (non-hydrogen) atoms. The predicted octanol–water partition coefficient (Wildman–Crippen LogP) is 3.13. The summed E-state index contributed by atoms with van der Waals surface area (Å²) in [7, 11) is 0. The minimum atomic E-state index is -0.941. The zero-order chi connectivity index (χ0) is 24.1. The Kier molecular flexibility index (Phi) is 7.93. The Morgan fingerprint density at radius 1 is 1.18 bits per heavy atom. The molecular weight excluding hydrogens is 442 g/mol. The molecule has 0 aromatic heterocycles. The van der Waals surface area contributed by atoms with Crippen molar-refractivity contribution in [1.29, 1.82) is 0 Å². The molecule has 3 atom stereocenters. The fraction of sp³-hybridized carbons (Fsp3) is 0.500. The number of ether oxygens (including phenoxy) is 2. The number of hydrogen-bond donors (Lipinski definition) is 3. The van der Waals surface area contributed by atoms with E-state index < -0.39 is 23.8 Å². The molecule has 3 N–H and O–H groups in total. The lowest BCUT2D eigenvalue weighted by Crippen LogP contribution is -2.49. The molecular formula is C26H32F2N2O4. The third kappa shape index (κ3) is 6.39. The van der Waals surface area contributed by atoms with Gasteiger partial charge >= 0.3 is 0 Å². The number of benzene rings is 2. The van der Waals surface area contributed by atoms with Gasteiger partial charge in [0.25, 0.3) is 0 Å². The maximum absolute atomic E-state index is 13.6. The number of carbonyl (C=O) groups excluding carboxylic acids is 1. The lowest BCUT2D eigenvalue weighted by atomic mass is 9.92. The van der Waals surface area contributed by atoms with Gasteiger partial charge in [-0.05, 0) is 54.5 Å². The molecule has 184 valence electrons. The SMILES string of the molecule is CC(=O)NC(Cc1cc(F)cc(F)c1)C(O)CNC1(c2cccc(C3CCOCOC3)c2)CC1. The van der Waals surface area contributed by atoms with Gasteiger partial charge < -0.3 is 25.2 Å². The molecule has 4 rings (SSSR count). The molecule has 1 amide bonds. The van der Waals surface area contributed by atoms with Gasteiger partial charge in [-0.2, -0.15) is 0 Å². The van der Waals surface area contributed by atoms with E-state index in [9.17, 15) is 18.7 Å². The minimum absolute atomic E-state index is 0.114. The normalized spacial score (nSPS) is 21.4. The monoisotopic (exact) mass is 474 g/mol. The van der Waals surface area contributed by atoms with Crippen molar-refractivity contribution in [2.24, 2.45) is 0 Å². The zero-order valence-electron chi connectivity index (χ0n) is 19.4. The second kappa shape index (κ2) is 10.9. The molecule has 1 aliphatic carbocycles. The standard InChI is InChI=1S/C26H32F2N2O4/c1-17(31)30-24(11-18-9-22(27)13-23(28)10-18)25(32)14-29-26(6-7-26)21-4-2-3-19(12-21)20-5-8-33-16-34-15-20/h2-4,9-10,12-13,20,24-25,29,32H,5-8,11,14-16H2,1H3,(H,30,31). The van der Waals surface area contributed by atoms with Gasteiger partial charge in [-0.15, -0.1) is 0 Å². The van der Waals surface area contributed by atoms with Crippen LogP contribution in [0.4, 0.5) is 8.78 Å². The van der Waals surface area contributed by atoms with Crippen LogP contribution in [-0.4, -0.2) is 49.7 Å². The quantitative estimate of drug-likeness (QED) is 0.521. The smallest absolute Gasteiger partial charge is 0.217 e. The van der Waals surface area contributed by atoms with Crippen LogP contribution in [-0.2, 0) is 26.2 Å². The summed E-state index contributed by atoms with van der Waals surface area (Å²) >= 11 is 0. The lowest BCUT2D eigenvalue weighted by Gasteiger charge is -2.27. The second-order valence-corrected chi connectivity index (χ2v) is 9.33. The van der Waals surface area contributed by atoms with Crippen molar-refractivity contribution in [2.45, 2.75) is 56.2 Å². The average Bonchev–Trinajstić information content (AvgIpc) is 3.61. The molecule has 1 aliphatic heterocycles. The van der Waals surface area contributed by atoms with Gasteiger partial charge in [0.1, 0.15) is 18.4 Å². The maximum atomic E-state index is 13.6. The lowest BCUT2D eigenvalue weighted by molar-refractivity contribution is -0.120. The van der Waals surface area contributed by atoms with Crippen molar-refractivity contribution in [3.05, 3.63) is 70.8 Å². The van der Waals surface area contributed by atoms with Gasteiger partial charge in [0, 0.05) is 31.0 Å². The number of aliphatic hydroxyl groups is 1. The Hall–Kier alpha value is -2.39. The van der Waals surface area contributed by atoms with E-state index in [1.54, 1.807) is 0 Å². The van der Waals surface area contributed by atoms with Crippen LogP contribution < -0.4 is 10.6 Å². The molecule has 6 nitrogen and oxygen atoms in total. The number of rotatable bonds is 9. The highest BCUT2D eigenvalue weighted by molar-refractivity contribution is 5.73. The van der Waals surface area contributed by atoms with Crippen LogP contribution in [0.3, 0.4) is 0 Å². The number of amides is 1. The first kappa shape index (κ1) is 24.7. The zero-order valence-corrected chi connectivity index (χ0v) is 19.4. The molecule has 1 saturated heterocycles. The Morgan fingerprint density at radius 3 is 2.65 bits per heavy atom. The first-order chi connectivity index (χ1) is 16.3. The van der Waals surface area contributed by atoms with E-state index >= 15 is 0 Å². The molecule has 3 unspecified atom stereocenters. The van der Waals surface area contributed by atoms with Gasteiger partial charge in [0.2, 0.25) is 5.91 Å². The summed E-state index contributed by atoms with van der Waals surface area (Å²) < 4.78 is 38.2. The molecule has 1 saturated carbocycles. The summed E-state index contributed by atoms with van der Waals surface area (Å²) in [5, 5.41) is 17.1. The summed E-state index contributed by atoms with van der Waals surface area (Å²) in [4.78, 5) is 11.7. The van der Waals surface area contributed by atoms with Crippen molar-refractivity contribution in [2.75, 3.05) is 26.6 Å². The Balaban J connectivity index is 1.42. The number of hydrogen-bond acceptors (Lipinski definition) is 5. The molecule has 0 radical (unpaired) electrons. The van der Waals surface area contributed by atoms with Gasteiger partial charge in [-0.25, -0.2) is 8.78 Å². The predicted molar refractivity (Wildman–Crippen MR) is 123 cm³/mol. The van der Waals surface area contributed by atoms with Crippen LogP contribution in [0.5, 0.6) is 0 Å². The van der Waals surface area contributed by atoms with E-state index in [4.69, 9.17) is 9.47 Å². The molecule has 8 heteroatoms. The van der Waals surface area contributed by atoms with E-state index in [1.165, 1.54) is 24.6 Å². The van der Waals surface area contributed by atoms with E-state index in [-0.39, 0.29) is 30.3 Å². The van der Waals surface area contributed by atoms with Crippen LogP contribution in [0.1, 0.15) is 48.8 Å². The van der Waals surface area contributed by atoms with Gasteiger partial charge in [-0.1, -0.05) is 24.3 Å². The third-order valence-electron chi connectivity index (χ3n) is 6.64. The molecule has 0 bridgehead atoms. The fourth-order valence-electron chi connectivity index (χ4n) is 4.63. The van der Waals surface area contributed by atoms with Gasteiger partial charge in [-0.3, -0.25) is 4.79 Å². The Bertz CT molecular complexity index is 970. The van der Waals surface area contributed by atoms with Gasteiger partial charge in [0.15, 0.2) is 0 Å². The number of aliphatic hydroxyl groups excluding tert-OH is 1. The Labute approximate surface area is 198 Å². The molecule has 2 aromatic rings. The van der Waals surface area contributed by atoms with Crippen LogP contribution in [0.25, 0.3) is 0 Å². The highest BCUT2D eigenvalue weighted by atomic mass is 19.1. The molecule has 0 spiro atoms. The van der Waals surface area contributed by atoms with Crippen molar-refractivity contribution in [3.8, 4) is 0 Å². The number of nitrogens with one attached hydrogen (secondary N) is 2. The number of carbonyl (C=O) groups is 1. The molecule has 2 aliphatic rings. The van der Waals surface area contributed by atoms with Crippen LogP contribution in [0.15, 0.2) is 42.5 Å². The summed E-state index contributed by atoms with van der Waals surface area (Å²) in [6, 6.07) is 11.0. The first-order valence-corrected chi connectivity index (χ1v) is 11.8. The number of halogens is 2. The van der Waals surface area contributed by atoms with Crippen molar-refractivity contribution >= 4 is 5.91 Å². The second-order valence-electron chi connectivity index (χ2n) is 9.33. The third-order valence-corrected chi connectivity index (χ3v) is 6.64. The van der Waals surface area contributed by atoms with E-state index in [0.29, 0.717) is 25.6 Å². The Morgan fingerprint density at radius 2 is 1.94 bits per heavy atom. The van der Waals surface area contributed by atoms with Crippen molar-refractivity contribution in [3.63, 3.8) is 0 Å². The van der Waals surface area contributed by atoms with Gasteiger partial charge in [0.05, 0.1) is 25.4 Å². The van der Waals surface area contributed by atoms with E-state index in [0.717, 1.165) is 30.9 Å². The van der Waals surface area contributed by atoms with Crippen molar-refractivity contribution < 1.29 is 28.2 Å². The topological polar surface area (TPSA) is 79.8 Å². The first-order valence-electron chi connectivity index (χ1n) is 11.8. The average molecular weight is 475 g/mol. The summed E-state index contributed by atoms with van der Waals surface area (Å²) in [6.07, 6.45) is 1.95. The van der Waals surface area contributed by atoms with E-state index in [1.807, 2.05) is 6.07 Å². The van der Waals surface area contributed by atoms with E-state index in [2.05, 4.69) is 28.8 Å².